The van der Waals surface area contributed by atoms with Crippen molar-refractivity contribution in [3.63, 3.8) is 0 Å². The lowest BCUT2D eigenvalue weighted by Crippen LogP contribution is -2.18. The molecule has 0 aliphatic carbocycles. The number of nitrogens with one attached hydrogen (secondary N) is 2. The highest BCUT2D eigenvalue weighted by atomic mass is 16.1. The molecular weight excluding hydrogens is 276 g/mol. The van der Waals surface area contributed by atoms with Crippen molar-refractivity contribution in [2.24, 2.45) is 5.92 Å². The van der Waals surface area contributed by atoms with Gasteiger partial charge in [0.1, 0.15) is 0 Å². The molecule has 0 bridgehead atoms. The Morgan fingerprint density at radius 2 is 1.50 bits per heavy atom. The molecule has 0 aliphatic heterocycles. The lowest BCUT2D eigenvalue weighted by molar-refractivity contribution is -0.118. The van der Waals surface area contributed by atoms with E-state index in [4.69, 9.17) is 0 Å². The number of hydrogen-bond donors (Lipinski definition) is 2. The maximum atomic E-state index is 11.6. The summed E-state index contributed by atoms with van der Waals surface area (Å²) in [6.45, 7) is 8.00. The van der Waals surface area contributed by atoms with Crippen molar-refractivity contribution >= 4 is 23.2 Å². The highest BCUT2D eigenvalue weighted by Gasteiger charge is 2.08. The molecule has 5 heteroatoms. The Morgan fingerprint density at radius 1 is 0.909 bits per heavy atom. The third-order valence-corrected chi connectivity index (χ3v) is 3.29. The van der Waals surface area contributed by atoms with Crippen LogP contribution in [0, 0.1) is 5.92 Å². The fourth-order valence-electron chi connectivity index (χ4n) is 1.84. The molecule has 2 aromatic rings. The predicted octanol–water partition coefficient (Wildman–Crippen LogP) is 3.94. The first-order valence-electron chi connectivity index (χ1n) is 7.47. The smallest absolute Gasteiger partial charge is 0.228 e. The normalized spacial score (nSPS) is 10.8. The first-order valence-corrected chi connectivity index (χ1v) is 7.47. The van der Waals surface area contributed by atoms with E-state index in [1.54, 1.807) is 12.1 Å². The fourth-order valence-corrected chi connectivity index (χ4v) is 1.84. The average Bonchev–Trinajstić information content (AvgIpc) is 2.49. The highest BCUT2D eigenvalue weighted by Crippen LogP contribution is 2.19. The Morgan fingerprint density at radius 3 is 2.00 bits per heavy atom. The standard InChI is InChI=1S/C17H22N4O/c1-11(2)13-5-7-14(8-6-13)18-15-9-10-16(21-20-15)19-17(22)12(3)4/h5-12H,1-4H3,(H,18,20)(H,19,21,22). The Hall–Kier alpha value is -2.43. The van der Waals surface area contributed by atoms with Crippen LogP contribution >= 0.6 is 0 Å². The van der Waals surface area contributed by atoms with Crippen LogP contribution in [0.1, 0.15) is 39.2 Å². The summed E-state index contributed by atoms with van der Waals surface area (Å²) in [6.07, 6.45) is 0. The zero-order valence-electron chi connectivity index (χ0n) is 13.4. The molecular formula is C17H22N4O. The van der Waals surface area contributed by atoms with E-state index < -0.39 is 0 Å². The Balaban J connectivity index is 2.00. The zero-order valence-corrected chi connectivity index (χ0v) is 13.4. The molecule has 116 valence electrons. The number of amides is 1. The molecule has 0 spiro atoms. The van der Waals surface area contributed by atoms with Gasteiger partial charge in [0, 0.05) is 11.6 Å². The summed E-state index contributed by atoms with van der Waals surface area (Å²) < 4.78 is 0. The van der Waals surface area contributed by atoms with Gasteiger partial charge in [0.15, 0.2) is 11.6 Å². The van der Waals surface area contributed by atoms with E-state index in [9.17, 15) is 4.79 Å². The second-order valence-electron chi connectivity index (χ2n) is 5.85. The fraction of sp³-hybridized carbons (Fsp3) is 0.353. The van der Waals surface area contributed by atoms with Gasteiger partial charge in [-0.25, -0.2) is 0 Å². The number of carbonyl (C=O) groups excluding carboxylic acids is 1. The second kappa shape index (κ2) is 7.02. The van der Waals surface area contributed by atoms with Crippen molar-refractivity contribution < 1.29 is 4.79 Å². The topological polar surface area (TPSA) is 66.9 Å². The van der Waals surface area contributed by atoms with Gasteiger partial charge in [0.05, 0.1) is 0 Å². The number of benzene rings is 1. The van der Waals surface area contributed by atoms with Gasteiger partial charge in [0.2, 0.25) is 5.91 Å². The zero-order chi connectivity index (χ0) is 16.1. The minimum absolute atomic E-state index is 0.0701. The summed E-state index contributed by atoms with van der Waals surface area (Å²) in [6, 6.07) is 11.8. The largest absolute Gasteiger partial charge is 0.339 e. The number of rotatable bonds is 5. The molecule has 1 aromatic heterocycles. The van der Waals surface area contributed by atoms with Gasteiger partial charge in [-0.1, -0.05) is 39.8 Å². The van der Waals surface area contributed by atoms with Gasteiger partial charge in [-0.05, 0) is 35.7 Å². The van der Waals surface area contributed by atoms with E-state index in [0.717, 1.165) is 5.69 Å². The highest BCUT2D eigenvalue weighted by molar-refractivity contribution is 5.91. The monoisotopic (exact) mass is 298 g/mol. The molecule has 0 fully saturated rings. The van der Waals surface area contributed by atoms with Crippen molar-refractivity contribution in [1.82, 2.24) is 10.2 Å². The molecule has 1 aromatic carbocycles. The molecule has 2 rings (SSSR count). The molecule has 0 unspecified atom stereocenters. The summed E-state index contributed by atoms with van der Waals surface area (Å²) in [5, 5.41) is 14.0. The Kier molecular flexibility index (Phi) is 5.09. The minimum Gasteiger partial charge on any atom is -0.339 e. The van der Waals surface area contributed by atoms with Crippen LogP contribution in [0.15, 0.2) is 36.4 Å². The Bertz CT molecular complexity index is 618. The number of nitrogens with zero attached hydrogens (tertiary/aromatic N) is 2. The SMILES string of the molecule is CC(C)C(=O)Nc1ccc(Nc2ccc(C(C)C)cc2)nn1. The van der Waals surface area contributed by atoms with Gasteiger partial charge in [-0.2, -0.15) is 0 Å². The number of anilines is 3. The molecule has 22 heavy (non-hydrogen) atoms. The molecule has 5 nitrogen and oxygen atoms in total. The van der Waals surface area contributed by atoms with E-state index in [1.165, 1.54) is 5.56 Å². The van der Waals surface area contributed by atoms with Gasteiger partial charge < -0.3 is 10.6 Å². The van der Waals surface area contributed by atoms with Gasteiger partial charge in [-0.3, -0.25) is 4.79 Å². The third-order valence-electron chi connectivity index (χ3n) is 3.29. The van der Waals surface area contributed by atoms with E-state index >= 15 is 0 Å². The number of aromatic nitrogens is 2. The maximum absolute atomic E-state index is 11.6. The van der Waals surface area contributed by atoms with Gasteiger partial charge >= 0.3 is 0 Å². The summed E-state index contributed by atoms with van der Waals surface area (Å²) in [7, 11) is 0. The molecule has 0 saturated carbocycles. The first-order chi connectivity index (χ1) is 10.5. The molecule has 0 atom stereocenters. The predicted molar refractivity (Wildman–Crippen MR) is 89.3 cm³/mol. The summed E-state index contributed by atoms with van der Waals surface area (Å²) in [5.74, 6) is 1.45. The minimum atomic E-state index is -0.0842. The van der Waals surface area contributed by atoms with Crippen LogP contribution in [0.3, 0.4) is 0 Å². The van der Waals surface area contributed by atoms with Gasteiger partial charge in [-0.15, -0.1) is 10.2 Å². The Labute approximate surface area is 131 Å². The van der Waals surface area contributed by atoms with Crippen LogP contribution in [0.4, 0.5) is 17.3 Å². The van der Waals surface area contributed by atoms with E-state index in [1.807, 2.05) is 26.0 Å². The molecule has 2 N–H and O–H groups in total. The average molecular weight is 298 g/mol. The molecule has 0 aliphatic rings. The first kappa shape index (κ1) is 15.9. The second-order valence-corrected chi connectivity index (χ2v) is 5.85. The quantitative estimate of drug-likeness (QED) is 0.877. The molecule has 1 heterocycles. The van der Waals surface area contributed by atoms with E-state index in [0.29, 0.717) is 17.6 Å². The van der Waals surface area contributed by atoms with Crippen LogP contribution in [0.5, 0.6) is 0 Å². The molecule has 1 amide bonds. The van der Waals surface area contributed by atoms with Crippen LogP contribution in [0.2, 0.25) is 0 Å². The van der Waals surface area contributed by atoms with Crippen molar-refractivity contribution in [3.8, 4) is 0 Å². The third kappa shape index (κ3) is 4.28. The van der Waals surface area contributed by atoms with Crippen LogP contribution in [-0.4, -0.2) is 16.1 Å². The molecule has 0 radical (unpaired) electrons. The lowest BCUT2D eigenvalue weighted by Gasteiger charge is -2.09. The summed E-state index contributed by atoms with van der Waals surface area (Å²) in [5.41, 5.74) is 2.25. The van der Waals surface area contributed by atoms with Crippen molar-refractivity contribution in [1.29, 1.82) is 0 Å². The van der Waals surface area contributed by atoms with Crippen molar-refractivity contribution in [3.05, 3.63) is 42.0 Å². The van der Waals surface area contributed by atoms with E-state index in [-0.39, 0.29) is 11.8 Å². The molecule has 0 saturated heterocycles. The maximum Gasteiger partial charge on any atom is 0.228 e. The van der Waals surface area contributed by atoms with Crippen molar-refractivity contribution in [2.45, 2.75) is 33.6 Å². The summed E-state index contributed by atoms with van der Waals surface area (Å²) >= 11 is 0. The van der Waals surface area contributed by atoms with Gasteiger partial charge in [0.25, 0.3) is 0 Å². The van der Waals surface area contributed by atoms with E-state index in [2.05, 4.69) is 46.8 Å². The number of hydrogen-bond acceptors (Lipinski definition) is 4. The van der Waals surface area contributed by atoms with Crippen LogP contribution < -0.4 is 10.6 Å². The van der Waals surface area contributed by atoms with Crippen LogP contribution in [0.25, 0.3) is 0 Å². The lowest BCUT2D eigenvalue weighted by atomic mass is 10.0. The van der Waals surface area contributed by atoms with Crippen molar-refractivity contribution in [2.75, 3.05) is 10.6 Å². The van der Waals surface area contributed by atoms with Crippen LogP contribution in [-0.2, 0) is 4.79 Å². The summed E-state index contributed by atoms with van der Waals surface area (Å²) in [4.78, 5) is 11.6. The number of carbonyl (C=O) groups is 1.